The van der Waals surface area contributed by atoms with Crippen LogP contribution in [0, 0.1) is 5.92 Å². The second-order valence-electron chi connectivity index (χ2n) is 8.08. The second-order valence-corrected chi connectivity index (χ2v) is 9.03. The SMILES string of the molecule is CC(C)CCc1ncccc1NC(=O)SCc1ccc(C(C)(C)C)cc1. The third-order valence-corrected chi connectivity index (χ3v) is 5.12. The van der Waals surface area contributed by atoms with Gasteiger partial charge in [-0.15, -0.1) is 0 Å². The zero-order chi connectivity index (χ0) is 19.2. The fourth-order valence-corrected chi connectivity index (χ4v) is 3.24. The fraction of sp³-hybridized carbons (Fsp3) is 0.455. The number of hydrogen-bond acceptors (Lipinski definition) is 3. The molecule has 2 rings (SSSR count). The first-order valence-electron chi connectivity index (χ1n) is 9.23. The van der Waals surface area contributed by atoms with E-state index in [1.807, 2.05) is 12.1 Å². The molecule has 26 heavy (non-hydrogen) atoms. The van der Waals surface area contributed by atoms with Gasteiger partial charge in [0.2, 0.25) is 0 Å². The Labute approximate surface area is 162 Å². The van der Waals surface area contributed by atoms with E-state index in [-0.39, 0.29) is 10.7 Å². The molecule has 140 valence electrons. The van der Waals surface area contributed by atoms with Gasteiger partial charge in [-0.05, 0) is 47.4 Å². The summed E-state index contributed by atoms with van der Waals surface area (Å²) < 4.78 is 0. The van der Waals surface area contributed by atoms with Gasteiger partial charge in [-0.25, -0.2) is 0 Å². The molecule has 1 amide bonds. The first-order chi connectivity index (χ1) is 12.3. The average molecular weight is 371 g/mol. The summed E-state index contributed by atoms with van der Waals surface area (Å²) in [6.45, 7) is 11.0. The molecule has 1 aromatic carbocycles. The quantitative estimate of drug-likeness (QED) is 0.637. The molecule has 0 bridgehead atoms. The zero-order valence-corrected chi connectivity index (χ0v) is 17.3. The van der Waals surface area contributed by atoms with Crippen LogP contribution < -0.4 is 5.32 Å². The predicted molar refractivity (Wildman–Crippen MR) is 113 cm³/mol. The largest absolute Gasteiger partial charge is 0.315 e. The Balaban J connectivity index is 1.91. The van der Waals surface area contributed by atoms with E-state index >= 15 is 0 Å². The number of hydrogen-bond donors (Lipinski definition) is 1. The lowest BCUT2D eigenvalue weighted by Crippen LogP contribution is -2.11. The van der Waals surface area contributed by atoms with Crippen LogP contribution in [0.15, 0.2) is 42.6 Å². The molecule has 1 heterocycles. The van der Waals surface area contributed by atoms with Gasteiger partial charge in [-0.3, -0.25) is 9.78 Å². The molecule has 0 aliphatic carbocycles. The molecule has 3 nitrogen and oxygen atoms in total. The number of nitrogens with zero attached hydrogens (tertiary/aromatic N) is 1. The normalized spacial score (nSPS) is 11.6. The molecule has 0 aliphatic rings. The maximum absolute atomic E-state index is 12.3. The van der Waals surface area contributed by atoms with Crippen molar-refractivity contribution in [3.05, 3.63) is 59.4 Å². The number of amides is 1. The molecule has 0 unspecified atom stereocenters. The van der Waals surface area contributed by atoms with E-state index in [2.05, 4.69) is 69.2 Å². The first kappa shape index (κ1) is 20.5. The molecular formula is C22H30N2OS. The Morgan fingerprint density at radius 2 is 1.85 bits per heavy atom. The molecule has 0 aliphatic heterocycles. The molecule has 4 heteroatoms. The zero-order valence-electron chi connectivity index (χ0n) is 16.5. The highest BCUT2D eigenvalue weighted by molar-refractivity contribution is 8.13. The van der Waals surface area contributed by atoms with Crippen LogP contribution in [0.1, 0.15) is 57.9 Å². The van der Waals surface area contributed by atoms with Gasteiger partial charge in [0, 0.05) is 11.9 Å². The maximum Gasteiger partial charge on any atom is 0.283 e. The summed E-state index contributed by atoms with van der Waals surface area (Å²) in [5.41, 5.74) is 4.40. The van der Waals surface area contributed by atoms with E-state index < -0.39 is 0 Å². The molecule has 1 aromatic heterocycles. The summed E-state index contributed by atoms with van der Waals surface area (Å²) in [6, 6.07) is 12.3. The van der Waals surface area contributed by atoms with Gasteiger partial charge in [0.25, 0.3) is 5.24 Å². The minimum absolute atomic E-state index is 0.0382. The number of carbonyl (C=O) groups is 1. The number of benzene rings is 1. The average Bonchev–Trinajstić information content (AvgIpc) is 2.59. The van der Waals surface area contributed by atoms with Crippen molar-refractivity contribution in [3.8, 4) is 0 Å². The Morgan fingerprint density at radius 3 is 2.46 bits per heavy atom. The lowest BCUT2D eigenvalue weighted by atomic mass is 9.87. The third kappa shape index (κ3) is 6.49. The van der Waals surface area contributed by atoms with Crippen LogP contribution >= 0.6 is 11.8 Å². The highest BCUT2D eigenvalue weighted by Crippen LogP contribution is 2.24. The van der Waals surface area contributed by atoms with Crippen molar-refractivity contribution in [1.29, 1.82) is 0 Å². The van der Waals surface area contributed by atoms with Crippen molar-refractivity contribution in [3.63, 3.8) is 0 Å². The smallest absolute Gasteiger partial charge is 0.283 e. The number of thioether (sulfide) groups is 1. The van der Waals surface area contributed by atoms with Crippen molar-refractivity contribution in [2.24, 2.45) is 5.92 Å². The van der Waals surface area contributed by atoms with E-state index in [1.54, 1.807) is 6.20 Å². The molecule has 0 radical (unpaired) electrons. The summed E-state index contributed by atoms with van der Waals surface area (Å²) in [5, 5.41) is 2.96. The number of nitrogens with one attached hydrogen (secondary N) is 1. The Hall–Kier alpha value is -1.81. The highest BCUT2D eigenvalue weighted by Gasteiger charge is 2.13. The summed E-state index contributed by atoms with van der Waals surface area (Å²) in [7, 11) is 0. The number of carbonyl (C=O) groups excluding carboxylic acids is 1. The van der Waals surface area contributed by atoms with E-state index in [4.69, 9.17) is 0 Å². The summed E-state index contributed by atoms with van der Waals surface area (Å²) in [6.07, 6.45) is 3.73. The van der Waals surface area contributed by atoms with Crippen LogP contribution in [0.2, 0.25) is 0 Å². The van der Waals surface area contributed by atoms with E-state index in [0.29, 0.717) is 11.7 Å². The van der Waals surface area contributed by atoms with Gasteiger partial charge in [-0.1, -0.05) is 70.6 Å². The van der Waals surface area contributed by atoms with Gasteiger partial charge >= 0.3 is 0 Å². The van der Waals surface area contributed by atoms with Gasteiger partial charge in [-0.2, -0.15) is 0 Å². The minimum Gasteiger partial charge on any atom is -0.315 e. The molecular weight excluding hydrogens is 340 g/mol. The standard InChI is InChI=1S/C22H30N2OS/c1-16(2)8-13-19-20(7-6-14-23-19)24-21(25)26-15-17-9-11-18(12-10-17)22(3,4)5/h6-7,9-12,14,16H,8,13,15H2,1-5H3,(H,24,25). The molecule has 0 fully saturated rings. The number of aromatic nitrogens is 1. The van der Waals surface area contributed by atoms with Gasteiger partial charge in [0.05, 0.1) is 11.4 Å². The second kappa shape index (κ2) is 9.22. The van der Waals surface area contributed by atoms with Crippen molar-refractivity contribution in [1.82, 2.24) is 4.98 Å². The summed E-state index contributed by atoms with van der Waals surface area (Å²) in [5.74, 6) is 1.28. The van der Waals surface area contributed by atoms with Crippen molar-refractivity contribution in [2.75, 3.05) is 5.32 Å². The van der Waals surface area contributed by atoms with E-state index in [0.717, 1.165) is 29.8 Å². The summed E-state index contributed by atoms with van der Waals surface area (Å²) in [4.78, 5) is 16.8. The van der Waals surface area contributed by atoms with E-state index in [1.165, 1.54) is 17.3 Å². The molecule has 0 saturated carbocycles. The van der Waals surface area contributed by atoms with Crippen LogP contribution in [-0.2, 0) is 17.6 Å². The van der Waals surface area contributed by atoms with Gasteiger partial charge in [0.15, 0.2) is 0 Å². The van der Waals surface area contributed by atoms with Crippen LogP contribution in [0.3, 0.4) is 0 Å². The van der Waals surface area contributed by atoms with Crippen LogP contribution in [0.25, 0.3) is 0 Å². The number of pyridine rings is 1. The highest BCUT2D eigenvalue weighted by atomic mass is 32.2. The Kier molecular flexibility index (Phi) is 7.27. The maximum atomic E-state index is 12.3. The van der Waals surface area contributed by atoms with Crippen molar-refractivity contribution in [2.45, 2.75) is 58.6 Å². The molecule has 2 aromatic rings. The summed E-state index contributed by atoms with van der Waals surface area (Å²) >= 11 is 1.29. The van der Waals surface area contributed by atoms with Gasteiger partial charge in [0.1, 0.15) is 0 Å². The van der Waals surface area contributed by atoms with E-state index in [9.17, 15) is 4.79 Å². The van der Waals surface area contributed by atoms with Gasteiger partial charge < -0.3 is 5.32 Å². The van der Waals surface area contributed by atoms with Crippen LogP contribution in [-0.4, -0.2) is 10.2 Å². The third-order valence-electron chi connectivity index (χ3n) is 4.28. The number of rotatable bonds is 6. The predicted octanol–water partition coefficient (Wildman–Crippen LogP) is 6.43. The van der Waals surface area contributed by atoms with Crippen molar-refractivity contribution >= 4 is 22.7 Å². The van der Waals surface area contributed by atoms with Crippen molar-refractivity contribution < 1.29 is 4.79 Å². The molecule has 1 N–H and O–H groups in total. The minimum atomic E-state index is -0.0382. The molecule has 0 saturated heterocycles. The first-order valence-corrected chi connectivity index (χ1v) is 10.2. The number of aryl methyl sites for hydroxylation is 1. The van der Waals surface area contributed by atoms with Crippen LogP contribution in [0.5, 0.6) is 0 Å². The lowest BCUT2D eigenvalue weighted by Gasteiger charge is -2.19. The Morgan fingerprint density at radius 1 is 1.15 bits per heavy atom. The number of anilines is 1. The fourth-order valence-electron chi connectivity index (χ4n) is 2.57. The van der Waals surface area contributed by atoms with Crippen LogP contribution in [0.4, 0.5) is 10.5 Å². The topological polar surface area (TPSA) is 42.0 Å². The lowest BCUT2D eigenvalue weighted by molar-refractivity contribution is 0.269. The monoisotopic (exact) mass is 370 g/mol. The molecule has 0 atom stereocenters. The molecule has 0 spiro atoms. The Bertz CT molecular complexity index is 718.